The maximum absolute atomic E-state index is 13.3. The first kappa shape index (κ1) is 23.6. The topological polar surface area (TPSA) is 107 Å². The van der Waals surface area contributed by atoms with Gasteiger partial charge in [-0.15, -0.1) is 0 Å². The average Bonchev–Trinajstić information content (AvgIpc) is 3.40. The largest absolute Gasteiger partial charge is 0.336 e. The summed E-state index contributed by atoms with van der Waals surface area (Å²) in [5, 5.41) is 11.7. The van der Waals surface area contributed by atoms with Gasteiger partial charge in [0.05, 0.1) is 27.7 Å². The van der Waals surface area contributed by atoms with Crippen molar-refractivity contribution in [1.82, 2.24) is 10.2 Å². The normalized spacial score (nSPS) is 21.3. The third kappa shape index (κ3) is 4.86. The minimum Gasteiger partial charge on any atom is -0.336 e. The average molecular weight is 506 g/mol. The van der Waals surface area contributed by atoms with E-state index >= 15 is 0 Å². The summed E-state index contributed by atoms with van der Waals surface area (Å²) in [4.78, 5) is 27.5. The van der Waals surface area contributed by atoms with E-state index in [0.717, 1.165) is 0 Å². The van der Waals surface area contributed by atoms with Crippen molar-refractivity contribution in [3.8, 4) is 6.07 Å². The molecule has 10 heteroatoms. The molecule has 1 saturated carbocycles. The van der Waals surface area contributed by atoms with Gasteiger partial charge in [-0.2, -0.15) is 5.26 Å². The van der Waals surface area contributed by atoms with Crippen molar-refractivity contribution in [3.05, 3.63) is 64.1 Å². The molecule has 2 aromatic rings. The van der Waals surface area contributed by atoms with Crippen LogP contribution in [0.25, 0.3) is 0 Å². The Balaban J connectivity index is 1.61. The highest BCUT2D eigenvalue weighted by Gasteiger charge is 2.50. The van der Waals surface area contributed by atoms with Gasteiger partial charge >= 0.3 is 0 Å². The van der Waals surface area contributed by atoms with Gasteiger partial charge in [0.15, 0.2) is 9.84 Å². The molecule has 2 aromatic carbocycles. The summed E-state index contributed by atoms with van der Waals surface area (Å²) in [5.74, 6) is -0.897. The van der Waals surface area contributed by atoms with Crippen LogP contribution in [0.5, 0.6) is 0 Å². The number of nitriles is 1. The van der Waals surface area contributed by atoms with Crippen molar-refractivity contribution in [2.75, 3.05) is 6.54 Å². The summed E-state index contributed by atoms with van der Waals surface area (Å²) in [6.45, 7) is -0.141. The van der Waals surface area contributed by atoms with Crippen LogP contribution in [0.2, 0.25) is 10.0 Å². The molecule has 1 aliphatic heterocycles. The number of nitrogens with one attached hydrogen (secondary N) is 1. The Hall–Kier alpha value is -2.60. The van der Waals surface area contributed by atoms with Gasteiger partial charge in [-0.25, -0.2) is 8.42 Å². The van der Waals surface area contributed by atoms with E-state index in [-0.39, 0.29) is 35.2 Å². The van der Waals surface area contributed by atoms with Crippen molar-refractivity contribution in [3.63, 3.8) is 0 Å². The SMILES string of the molecule is N#CC1(NC(=O)[C@@H]2C[C@@H](S(=O)(=O)c3ccccc3Cl)CN2C(=O)Cc2ccc(Cl)cc2)CC1. The molecule has 2 fully saturated rings. The van der Waals surface area contributed by atoms with Gasteiger partial charge in [-0.05, 0) is 49.1 Å². The molecule has 0 radical (unpaired) electrons. The third-order valence-electron chi connectivity index (χ3n) is 6.06. The molecule has 0 aromatic heterocycles. The van der Waals surface area contributed by atoms with E-state index in [1.165, 1.54) is 17.0 Å². The fourth-order valence-corrected chi connectivity index (χ4v) is 6.33. The zero-order chi connectivity index (χ0) is 23.8. The third-order valence-corrected chi connectivity index (χ3v) is 8.94. The molecule has 1 N–H and O–H groups in total. The first-order valence-electron chi connectivity index (χ1n) is 10.4. The van der Waals surface area contributed by atoms with Crippen LogP contribution in [0.3, 0.4) is 0 Å². The standard InChI is InChI=1S/C23H21Cl2N3O4S/c24-16-7-5-15(6-8-16)11-21(29)28-13-17(33(31,32)20-4-2-1-3-18(20)25)12-19(28)22(30)27-23(14-26)9-10-23/h1-8,17,19H,9-13H2,(H,27,30)/t17-,19+/m1/s1. The van der Waals surface area contributed by atoms with Gasteiger partial charge < -0.3 is 10.2 Å². The lowest BCUT2D eigenvalue weighted by molar-refractivity contribution is -0.138. The number of benzene rings is 2. The first-order valence-corrected chi connectivity index (χ1v) is 12.7. The molecule has 0 unspecified atom stereocenters. The Labute approximate surface area is 202 Å². The van der Waals surface area contributed by atoms with Gasteiger partial charge in [0.25, 0.3) is 0 Å². The molecule has 1 saturated heterocycles. The number of amides is 2. The minimum absolute atomic E-state index is 0.0107. The van der Waals surface area contributed by atoms with Crippen molar-refractivity contribution >= 4 is 44.9 Å². The maximum atomic E-state index is 13.3. The molecule has 33 heavy (non-hydrogen) atoms. The van der Waals surface area contributed by atoms with E-state index in [4.69, 9.17) is 23.2 Å². The first-order chi connectivity index (χ1) is 15.6. The van der Waals surface area contributed by atoms with E-state index in [1.54, 1.807) is 36.4 Å². The van der Waals surface area contributed by atoms with Gasteiger partial charge in [0, 0.05) is 11.6 Å². The predicted molar refractivity (Wildman–Crippen MR) is 123 cm³/mol. The van der Waals surface area contributed by atoms with Gasteiger partial charge in [0.1, 0.15) is 11.6 Å². The van der Waals surface area contributed by atoms with Crippen LogP contribution in [-0.2, 0) is 25.8 Å². The quantitative estimate of drug-likeness (QED) is 0.648. The number of hydrogen-bond donors (Lipinski definition) is 1. The van der Waals surface area contributed by atoms with Crippen LogP contribution in [0.1, 0.15) is 24.8 Å². The minimum atomic E-state index is -3.90. The van der Waals surface area contributed by atoms with E-state index in [0.29, 0.717) is 23.4 Å². The second-order valence-electron chi connectivity index (χ2n) is 8.38. The van der Waals surface area contributed by atoms with Crippen LogP contribution in [0, 0.1) is 11.3 Å². The molecule has 4 rings (SSSR count). The maximum Gasteiger partial charge on any atom is 0.244 e. The fraction of sp³-hybridized carbons (Fsp3) is 0.348. The molecule has 7 nitrogen and oxygen atoms in total. The monoisotopic (exact) mass is 505 g/mol. The highest BCUT2D eigenvalue weighted by atomic mass is 35.5. The second-order valence-corrected chi connectivity index (χ2v) is 11.4. The van der Waals surface area contributed by atoms with E-state index in [9.17, 15) is 23.3 Å². The number of hydrogen-bond acceptors (Lipinski definition) is 5. The highest BCUT2D eigenvalue weighted by molar-refractivity contribution is 7.92. The Morgan fingerprint density at radius 1 is 1.12 bits per heavy atom. The van der Waals surface area contributed by atoms with Crippen LogP contribution in [-0.4, -0.2) is 48.5 Å². The van der Waals surface area contributed by atoms with Gasteiger partial charge in [0.2, 0.25) is 11.8 Å². The predicted octanol–water partition coefficient (Wildman–Crippen LogP) is 3.15. The lowest BCUT2D eigenvalue weighted by Crippen LogP contribution is -2.49. The number of carbonyl (C=O) groups excluding carboxylic acids is 2. The summed E-state index contributed by atoms with van der Waals surface area (Å²) in [6, 6.07) is 13.9. The molecule has 0 spiro atoms. The molecular formula is C23H21Cl2N3O4S. The number of halogens is 2. The molecule has 2 atom stereocenters. The van der Waals surface area contributed by atoms with E-state index < -0.39 is 32.6 Å². The summed E-state index contributed by atoms with van der Waals surface area (Å²) < 4.78 is 26.6. The lowest BCUT2D eigenvalue weighted by Gasteiger charge is -2.25. The highest BCUT2D eigenvalue weighted by Crippen LogP contribution is 2.36. The Bertz CT molecular complexity index is 1240. The molecular weight excluding hydrogens is 485 g/mol. The molecule has 2 aliphatic rings. The van der Waals surface area contributed by atoms with Crippen molar-refractivity contribution in [1.29, 1.82) is 5.26 Å². The summed E-state index contributed by atoms with van der Waals surface area (Å²) in [5.41, 5.74) is -0.238. The molecule has 1 aliphatic carbocycles. The van der Waals surface area contributed by atoms with Crippen molar-refractivity contribution < 1.29 is 18.0 Å². The summed E-state index contributed by atoms with van der Waals surface area (Å²) in [6.07, 6.45) is 0.973. The number of carbonyl (C=O) groups is 2. The summed E-state index contributed by atoms with van der Waals surface area (Å²) in [7, 11) is -3.90. The van der Waals surface area contributed by atoms with Crippen LogP contribution in [0.4, 0.5) is 0 Å². The number of sulfone groups is 1. The molecule has 1 heterocycles. The fourth-order valence-electron chi connectivity index (χ4n) is 3.99. The zero-order valence-corrected chi connectivity index (χ0v) is 19.8. The molecule has 172 valence electrons. The Morgan fingerprint density at radius 3 is 2.39 bits per heavy atom. The van der Waals surface area contributed by atoms with Crippen LogP contribution < -0.4 is 5.32 Å². The van der Waals surface area contributed by atoms with E-state index in [2.05, 4.69) is 11.4 Å². The number of nitrogens with zero attached hydrogens (tertiary/aromatic N) is 2. The smallest absolute Gasteiger partial charge is 0.244 e. The second kappa shape index (κ2) is 8.98. The van der Waals surface area contributed by atoms with Gasteiger partial charge in [-0.1, -0.05) is 47.5 Å². The lowest BCUT2D eigenvalue weighted by atomic mass is 10.1. The van der Waals surface area contributed by atoms with Crippen LogP contribution >= 0.6 is 23.2 Å². The van der Waals surface area contributed by atoms with E-state index in [1.807, 2.05) is 0 Å². The van der Waals surface area contributed by atoms with Crippen LogP contribution in [0.15, 0.2) is 53.4 Å². The number of rotatable bonds is 6. The van der Waals surface area contributed by atoms with Crippen molar-refractivity contribution in [2.45, 2.75) is 47.4 Å². The zero-order valence-electron chi connectivity index (χ0n) is 17.5. The Morgan fingerprint density at radius 2 is 1.79 bits per heavy atom. The Kier molecular flexibility index (Phi) is 6.41. The molecule has 0 bridgehead atoms. The summed E-state index contributed by atoms with van der Waals surface area (Å²) >= 11 is 12.0. The van der Waals surface area contributed by atoms with Crippen molar-refractivity contribution in [2.24, 2.45) is 0 Å². The van der Waals surface area contributed by atoms with Gasteiger partial charge in [-0.3, -0.25) is 9.59 Å². The molecule has 2 amide bonds. The number of likely N-dealkylation sites (tertiary alicyclic amines) is 1.